The average molecular weight is 330 g/mol. The highest BCUT2D eigenvalue weighted by Gasteiger charge is 2.47. The maximum Gasteiger partial charge on any atom is 0.408 e. The van der Waals surface area contributed by atoms with Gasteiger partial charge in [0, 0.05) is 12.6 Å². The number of carbonyl (C=O) groups is 1. The van der Waals surface area contributed by atoms with Crippen LogP contribution in [0, 0.1) is 13.8 Å². The van der Waals surface area contributed by atoms with Crippen molar-refractivity contribution in [1.82, 2.24) is 4.90 Å². The largest absolute Gasteiger partial charge is 0.483 e. The number of alkyl halides is 3. The molecule has 7 heteroatoms. The van der Waals surface area contributed by atoms with E-state index in [9.17, 15) is 18.0 Å². The van der Waals surface area contributed by atoms with Gasteiger partial charge in [0.05, 0.1) is 0 Å². The topological polar surface area (TPSA) is 55.6 Å². The van der Waals surface area contributed by atoms with E-state index in [1.165, 1.54) is 0 Å². The van der Waals surface area contributed by atoms with Crippen molar-refractivity contribution in [2.75, 3.05) is 13.2 Å². The standard InChI is InChI=1S/C16H21F3N2O2/c1-10-3-4-11(2)13(7-10)23-9-15(22)21-8-12(20)5-6-14(21)16(17,18)19/h3-4,7,12,14H,5-6,8-9,20H2,1-2H3/t12-,14+/m1/s1. The summed E-state index contributed by atoms with van der Waals surface area (Å²) in [6, 6.07) is 3.28. The maximum absolute atomic E-state index is 13.1. The second-order valence-corrected chi connectivity index (χ2v) is 6.00. The zero-order chi connectivity index (χ0) is 17.2. The van der Waals surface area contributed by atoms with Gasteiger partial charge in [-0.3, -0.25) is 4.79 Å². The molecule has 4 nitrogen and oxygen atoms in total. The third-order valence-electron chi connectivity index (χ3n) is 4.01. The number of likely N-dealkylation sites (tertiary alicyclic amines) is 1. The Bertz CT molecular complexity index is 575. The minimum Gasteiger partial charge on any atom is -0.483 e. The van der Waals surface area contributed by atoms with Crippen molar-refractivity contribution >= 4 is 5.91 Å². The van der Waals surface area contributed by atoms with Gasteiger partial charge in [0.15, 0.2) is 6.61 Å². The van der Waals surface area contributed by atoms with Crippen LogP contribution in [0.1, 0.15) is 24.0 Å². The fourth-order valence-corrected chi connectivity index (χ4v) is 2.70. The summed E-state index contributed by atoms with van der Waals surface area (Å²) >= 11 is 0. The van der Waals surface area contributed by atoms with Crippen LogP contribution in [-0.4, -0.2) is 42.2 Å². The first-order valence-corrected chi connectivity index (χ1v) is 7.50. The molecule has 0 bridgehead atoms. The Kier molecular flexibility index (Phi) is 5.19. The lowest BCUT2D eigenvalue weighted by atomic mass is 9.98. The lowest BCUT2D eigenvalue weighted by Gasteiger charge is -2.39. The van der Waals surface area contributed by atoms with Crippen molar-refractivity contribution in [3.05, 3.63) is 29.3 Å². The Hall–Kier alpha value is -1.76. The molecule has 1 saturated heterocycles. The first-order chi connectivity index (χ1) is 10.7. The summed E-state index contributed by atoms with van der Waals surface area (Å²) in [4.78, 5) is 13.0. The molecule has 1 aromatic rings. The predicted molar refractivity (Wildman–Crippen MR) is 80.2 cm³/mol. The zero-order valence-electron chi connectivity index (χ0n) is 13.2. The molecule has 1 aromatic carbocycles. The molecule has 128 valence electrons. The Morgan fingerprint density at radius 3 is 2.70 bits per heavy atom. The van der Waals surface area contributed by atoms with E-state index >= 15 is 0 Å². The molecule has 0 aliphatic carbocycles. The summed E-state index contributed by atoms with van der Waals surface area (Å²) in [6.45, 7) is 3.16. The molecule has 1 amide bonds. The third kappa shape index (κ3) is 4.37. The number of hydrogen-bond acceptors (Lipinski definition) is 3. The van der Waals surface area contributed by atoms with Crippen LogP contribution in [0.25, 0.3) is 0 Å². The number of hydrogen-bond donors (Lipinski definition) is 1. The first-order valence-electron chi connectivity index (χ1n) is 7.50. The second-order valence-electron chi connectivity index (χ2n) is 6.00. The highest BCUT2D eigenvalue weighted by molar-refractivity contribution is 5.78. The molecule has 0 saturated carbocycles. The number of piperidine rings is 1. The molecule has 2 N–H and O–H groups in total. The van der Waals surface area contributed by atoms with Gasteiger partial charge in [0.2, 0.25) is 0 Å². The molecule has 0 unspecified atom stereocenters. The van der Waals surface area contributed by atoms with Crippen molar-refractivity contribution in [2.24, 2.45) is 5.73 Å². The molecule has 0 radical (unpaired) electrons. The minimum absolute atomic E-state index is 0.0980. The van der Waals surface area contributed by atoms with Gasteiger partial charge in [0.1, 0.15) is 11.8 Å². The number of halogens is 3. The van der Waals surface area contributed by atoms with E-state index in [0.29, 0.717) is 5.75 Å². The average Bonchev–Trinajstić information content (AvgIpc) is 2.46. The first kappa shape index (κ1) is 17.6. The number of benzene rings is 1. The van der Waals surface area contributed by atoms with E-state index in [1.807, 2.05) is 26.0 Å². The minimum atomic E-state index is -4.45. The molecule has 1 aliphatic rings. The van der Waals surface area contributed by atoms with Gasteiger partial charge in [-0.1, -0.05) is 12.1 Å². The Balaban J connectivity index is 2.06. The summed E-state index contributed by atoms with van der Waals surface area (Å²) in [6.07, 6.45) is -4.36. The number of nitrogens with zero attached hydrogens (tertiary/aromatic N) is 1. The van der Waals surface area contributed by atoms with Gasteiger partial charge in [-0.25, -0.2) is 0 Å². The number of aryl methyl sites for hydroxylation is 2. The van der Waals surface area contributed by atoms with Gasteiger partial charge in [-0.05, 0) is 43.9 Å². The molecule has 1 fully saturated rings. The quantitative estimate of drug-likeness (QED) is 0.927. The number of carbonyl (C=O) groups excluding carboxylic acids is 1. The van der Waals surface area contributed by atoms with E-state index in [4.69, 9.17) is 10.5 Å². The van der Waals surface area contributed by atoms with Gasteiger partial charge in [-0.2, -0.15) is 13.2 Å². The van der Waals surface area contributed by atoms with Crippen LogP contribution in [0.5, 0.6) is 5.75 Å². The molecule has 1 heterocycles. The van der Waals surface area contributed by atoms with Crippen LogP contribution in [0.15, 0.2) is 18.2 Å². The highest BCUT2D eigenvalue weighted by Crippen LogP contribution is 2.31. The number of nitrogens with two attached hydrogens (primary N) is 1. The zero-order valence-corrected chi connectivity index (χ0v) is 13.2. The SMILES string of the molecule is Cc1ccc(C)c(OCC(=O)N2C[C@H](N)CC[C@H]2C(F)(F)F)c1. The molecular weight excluding hydrogens is 309 g/mol. The summed E-state index contributed by atoms with van der Waals surface area (Å²) in [7, 11) is 0. The van der Waals surface area contributed by atoms with Crippen molar-refractivity contribution < 1.29 is 22.7 Å². The number of rotatable bonds is 3. The number of ether oxygens (including phenoxy) is 1. The summed E-state index contributed by atoms with van der Waals surface area (Å²) in [5, 5.41) is 0. The molecular formula is C16H21F3N2O2. The fraction of sp³-hybridized carbons (Fsp3) is 0.562. The Morgan fingerprint density at radius 2 is 2.04 bits per heavy atom. The number of amides is 1. The van der Waals surface area contributed by atoms with Crippen LogP contribution in [0.2, 0.25) is 0 Å². The summed E-state index contributed by atoms with van der Waals surface area (Å²) < 4.78 is 44.7. The van der Waals surface area contributed by atoms with Crippen molar-refractivity contribution in [3.8, 4) is 5.75 Å². The van der Waals surface area contributed by atoms with Crippen molar-refractivity contribution in [3.63, 3.8) is 0 Å². The lowest BCUT2D eigenvalue weighted by Crippen LogP contribution is -2.57. The van der Waals surface area contributed by atoms with E-state index < -0.39 is 30.8 Å². The normalized spacial score (nSPS) is 22.1. The van der Waals surface area contributed by atoms with E-state index in [0.717, 1.165) is 16.0 Å². The van der Waals surface area contributed by atoms with Crippen LogP contribution in [0.3, 0.4) is 0 Å². The molecule has 0 aromatic heterocycles. The van der Waals surface area contributed by atoms with Crippen LogP contribution in [-0.2, 0) is 4.79 Å². The Morgan fingerprint density at radius 1 is 1.35 bits per heavy atom. The molecule has 1 aliphatic heterocycles. The smallest absolute Gasteiger partial charge is 0.408 e. The molecule has 23 heavy (non-hydrogen) atoms. The van der Waals surface area contributed by atoms with Gasteiger partial charge < -0.3 is 15.4 Å². The fourth-order valence-electron chi connectivity index (χ4n) is 2.70. The lowest BCUT2D eigenvalue weighted by molar-refractivity contribution is -0.197. The van der Waals surface area contributed by atoms with Crippen LogP contribution < -0.4 is 10.5 Å². The molecule has 2 atom stereocenters. The monoisotopic (exact) mass is 330 g/mol. The highest BCUT2D eigenvalue weighted by atomic mass is 19.4. The molecule has 0 spiro atoms. The van der Waals surface area contributed by atoms with E-state index in [2.05, 4.69) is 0 Å². The van der Waals surface area contributed by atoms with E-state index in [-0.39, 0.29) is 19.4 Å². The van der Waals surface area contributed by atoms with Gasteiger partial charge in [0.25, 0.3) is 5.91 Å². The second kappa shape index (κ2) is 6.78. The van der Waals surface area contributed by atoms with Crippen molar-refractivity contribution in [1.29, 1.82) is 0 Å². The molecule has 2 rings (SSSR count). The maximum atomic E-state index is 13.1. The third-order valence-corrected chi connectivity index (χ3v) is 4.01. The van der Waals surface area contributed by atoms with Crippen molar-refractivity contribution in [2.45, 2.75) is 44.9 Å². The van der Waals surface area contributed by atoms with Crippen LogP contribution >= 0.6 is 0 Å². The predicted octanol–water partition coefficient (Wildman–Crippen LogP) is 2.56. The van der Waals surface area contributed by atoms with E-state index in [1.54, 1.807) is 6.07 Å². The summed E-state index contributed by atoms with van der Waals surface area (Å²) in [5.74, 6) is -0.188. The van der Waals surface area contributed by atoms with Gasteiger partial charge in [-0.15, -0.1) is 0 Å². The summed E-state index contributed by atoms with van der Waals surface area (Å²) in [5.41, 5.74) is 7.49. The van der Waals surface area contributed by atoms with Crippen LogP contribution in [0.4, 0.5) is 13.2 Å². The Labute approximate surface area is 133 Å². The van der Waals surface area contributed by atoms with Gasteiger partial charge >= 0.3 is 6.18 Å².